The lowest BCUT2D eigenvalue weighted by Crippen LogP contribution is -2.33. The van der Waals surface area contributed by atoms with Gasteiger partial charge in [0, 0.05) is 11.6 Å². The van der Waals surface area contributed by atoms with Crippen molar-refractivity contribution in [2.45, 2.75) is 50.5 Å². The molecule has 0 radical (unpaired) electrons. The molecule has 2 aromatic rings. The summed E-state index contributed by atoms with van der Waals surface area (Å²) in [6.07, 6.45) is 5.63. The first-order valence-corrected chi connectivity index (χ1v) is 9.00. The smallest absolute Gasteiger partial charge is 0.241 e. The normalized spacial score (nSPS) is 16.3. The van der Waals surface area contributed by atoms with Crippen LogP contribution in [0.3, 0.4) is 0 Å². The van der Waals surface area contributed by atoms with E-state index in [1.807, 2.05) is 26.0 Å². The first-order valence-electron chi connectivity index (χ1n) is 7.52. The molecule has 1 heterocycles. The van der Waals surface area contributed by atoms with Crippen LogP contribution in [0.15, 0.2) is 33.8 Å². The zero-order valence-electron chi connectivity index (χ0n) is 12.8. The summed E-state index contributed by atoms with van der Waals surface area (Å²) in [5, 5.41) is 3.76. The predicted octanol–water partition coefficient (Wildman–Crippen LogP) is 3.18. The molecule has 1 aliphatic rings. The molecule has 1 saturated carbocycles. The van der Waals surface area contributed by atoms with E-state index in [1.165, 1.54) is 0 Å². The van der Waals surface area contributed by atoms with Crippen LogP contribution in [-0.2, 0) is 10.0 Å². The zero-order valence-corrected chi connectivity index (χ0v) is 13.6. The Balaban J connectivity index is 1.97. The van der Waals surface area contributed by atoms with Crippen molar-refractivity contribution >= 4 is 10.0 Å². The molecule has 0 atom stereocenters. The quantitative estimate of drug-likeness (QED) is 0.939. The lowest BCUT2D eigenvalue weighted by molar-refractivity contribution is 0.398. The highest BCUT2D eigenvalue weighted by molar-refractivity contribution is 7.89. The molecule has 0 amide bonds. The minimum Gasteiger partial charge on any atom is -0.361 e. The van der Waals surface area contributed by atoms with Crippen LogP contribution in [0.1, 0.15) is 37.0 Å². The molecule has 0 saturated heterocycles. The number of benzene rings is 1. The summed E-state index contributed by atoms with van der Waals surface area (Å²) in [4.78, 5) is 0.331. The van der Waals surface area contributed by atoms with Gasteiger partial charge in [0.15, 0.2) is 0 Å². The van der Waals surface area contributed by atoms with Gasteiger partial charge in [-0.25, -0.2) is 13.1 Å². The third-order valence-corrected chi connectivity index (χ3v) is 5.88. The summed E-state index contributed by atoms with van der Waals surface area (Å²) >= 11 is 0. The first kappa shape index (κ1) is 15.2. The Hall–Kier alpha value is -1.66. The second kappa shape index (κ2) is 5.85. The van der Waals surface area contributed by atoms with E-state index in [0.717, 1.165) is 42.4 Å². The molecule has 1 aromatic heterocycles. The van der Waals surface area contributed by atoms with E-state index in [4.69, 9.17) is 4.52 Å². The van der Waals surface area contributed by atoms with Gasteiger partial charge in [0.1, 0.15) is 5.76 Å². The number of nitrogens with zero attached hydrogens (tertiary/aromatic N) is 1. The summed E-state index contributed by atoms with van der Waals surface area (Å²) in [7, 11) is -3.50. The third-order valence-electron chi connectivity index (χ3n) is 4.22. The van der Waals surface area contributed by atoms with Crippen LogP contribution in [0.2, 0.25) is 0 Å². The van der Waals surface area contributed by atoms with Crippen molar-refractivity contribution in [3.8, 4) is 11.1 Å². The fourth-order valence-electron chi connectivity index (χ4n) is 2.96. The average Bonchev–Trinajstić information content (AvgIpc) is 3.10. The van der Waals surface area contributed by atoms with Crippen LogP contribution >= 0.6 is 0 Å². The number of nitrogens with one attached hydrogen (secondary N) is 1. The number of aromatic nitrogens is 1. The molecule has 22 heavy (non-hydrogen) atoms. The lowest BCUT2D eigenvalue weighted by Gasteiger charge is -2.15. The van der Waals surface area contributed by atoms with Crippen LogP contribution in [-0.4, -0.2) is 19.6 Å². The van der Waals surface area contributed by atoms with Crippen molar-refractivity contribution in [2.24, 2.45) is 0 Å². The number of hydrogen-bond donors (Lipinski definition) is 1. The summed E-state index contributed by atoms with van der Waals surface area (Å²) in [5.74, 6) is 0.677. The Bertz CT molecular complexity index is 774. The molecule has 118 valence electrons. The summed E-state index contributed by atoms with van der Waals surface area (Å²) in [6.45, 7) is 3.63. The second-order valence-corrected chi connectivity index (χ2v) is 7.56. The van der Waals surface area contributed by atoms with Crippen molar-refractivity contribution in [1.29, 1.82) is 0 Å². The molecule has 1 fully saturated rings. The van der Waals surface area contributed by atoms with Gasteiger partial charge in [-0.05, 0) is 43.9 Å². The van der Waals surface area contributed by atoms with E-state index < -0.39 is 10.0 Å². The molecule has 1 aliphatic carbocycles. The maximum Gasteiger partial charge on any atom is 0.241 e. The topological polar surface area (TPSA) is 72.2 Å². The van der Waals surface area contributed by atoms with Crippen LogP contribution in [0.4, 0.5) is 0 Å². The zero-order chi connectivity index (χ0) is 15.7. The van der Waals surface area contributed by atoms with E-state index in [0.29, 0.717) is 10.7 Å². The van der Waals surface area contributed by atoms with Crippen molar-refractivity contribution in [2.75, 3.05) is 0 Å². The lowest BCUT2D eigenvalue weighted by atomic mass is 10.1. The highest BCUT2D eigenvalue weighted by Crippen LogP contribution is 2.28. The molecule has 0 bridgehead atoms. The maximum absolute atomic E-state index is 12.7. The fraction of sp³-hybridized carbons (Fsp3) is 0.438. The minimum absolute atomic E-state index is 0.0605. The SMILES string of the molecule is Cc1ccc(-c2cnoc2C)cc1S(=O)(=O)NC1CCCC1. The first-order chi connectivity index (χ1) is 10.5. The molecule has 0 aliphatic heterocycles. The highest BCUT2D eigenvalue weighted by atomic mass is 32.2. The molecule has 0 spiro atoms. The van der Waals surface area contributed by atoms with Crippen molar-refractivity contribution < 1.29 is 12.9 Å². The van der Waals surface area contributed by atoms with Gasteiger partial charge >= 0.3 is 0 Å². The van der Waals surface area contributed by atoms with Crippen LogP contribution in [0.5, 0.6) is 0 Å². The van der Waals surface area contributed by atoms with Gasteiger partial charge in [0.25, 0.3) is 0 Å². The van der Waals surface area contributed by atoms with Crippen LogP contribution in [0.25, 0.3) is 11.1 Å². The highest BCUT2D eigenvalue weighted by Gasteiger charge is 2.24. The summed E-state index contributed by atoms with van der Waals surface area (Å²) in [6, 6.07) is 5.48. The Morgan fingerprint density at radius 1 is 1.23 bits per heavy atom. The van der Waals surface area contributed by atoms with Crippen LogP contribution in [0, 0.1) is 13.8 Å². The molecule has 0 unspecified atom stereocenters. The van der Waals surface area contributed by atoms with E-state index in [9.17, 15) is 8.42 Å². The van der Waals surface area contributed by atoms with Gasteiger partial charge in [-0.2, -0.15) is 0 Å². The Morgan fingerprint density at radius 2 is 1.95 bits per heavy atom. The Labute approximate surface area is 130 Å². The monoisotopic (exact) mass is 320 g/mol. The van der Waals surface area contributed by atoms with Gasteiger partial charge in [-0.3, -0.25) is 0 Å². The maximum atomic E-state index is 12.7. The van der Waals surface area contributed by atoms with E-state index >= 15 is 0 Å². The van der Waals surface area contributed by atoms with Gasteiger partial charge in [-0.1, -0.05) is 30.1 Å². The largest absolute Gasteiger partial charge is 0.361 e. The number of hydrogen-bond acceptors (Lipinski definition) is 4. The van der Waals surface area contributed by atoms with Gasteiger partial charge in [0.2, 0.25) is 10.0 Å². The van der Waals surface area contributed by atoms with Crippen LogP contribution < -0.4 is 4.72 Å². The molecule has 3 rings (SSSR count). The van der Waals surface area contributed by atoms with Crippen molar-refractivity contribution in [1.82, 2.24) is 9.88 Å². The number of rotatable bonds is 4. The fourth-order valence-corrected chi connectivity index (χ4v) is 4.54. The molecular formula is C16H20N2O3S. The minimum atomic E-state index is -3.50. The average molecular weight is 320 g/mol. The molecule has 5 nitrogen and oxygen atoms in total. The number of sulfonamides is 1. The molecule has 6 heteroatoms. The third kappa shape index (κ3) is 2.94. The standard InChI is InChI=1S/C16H20N2O3S/c1-11-7-8-13(15-10-17-21-12(15)2)9-16(11)22(19,20)18-14-5-3-4-6-14/h7-10,14,18H,3-6H2,1-2H3. The predicted molar refractivity (Wildman–Crippen MR) is 84.0 cm³/mol. The van der Waals surface area contributed by atoms with E-state index in [2.05, 4.69) is 9.88 Å². The van der Waals surface area contributed by atoms with Gasteiger partial charge < -0.3 is 4.52 Å². The molecule has 1 N–H and O–H groups in total. The van der Waals surface area contributed by atoms with Crippen molar-refractivity contribution in [3.63, 3.8) is 0 Å². The number of aryl methyl sites for hydroxylation is 2. The van der Waals surface area contributed by atoms with Gasteiger partial charge in [0.05, 0.1) is 11.1 Å². The van der Waals surface area contributed by atoms with Crippen molar-refractivity contribution in [3.05, 3.63) is 35.7 Å². The summed E-state index contributed by atoms with van der Waals surface area (Å²) < 4.78 is 33.2. The summed E-state index contributed by atoms with van der Waals surface area (Å²) in [5.41, 5.74) is 2.36. The molecular weight excluding hydrogens is 300 g/mol. The molecule has 1 aromatic carbocycles. The van der Waals surface area contributed by atoms with E-state index in [-0.39, 0.29) is 6.04 Å². The van der Waals surface area contributed by atoms with E-state index in [1.54, 1.807) is 12.3 Å². The Morgan fingerprint density at radius 3 is 2.59 bits per heavy atom. The van der Waals surface area contributed by atoms with Gasteiger partial charge in [-0.15, -0.1) is 0 Å². The second-order valence-electron chi connectivity index (χ2n) is 5.88. The Kier molecular flexibility index (Phi) is 4.06.